The Balaban J connectivity index is 1.39. The molecule has 0 bridgehead atoms. The minimum absolute atomic E-state index is 0.151. The lowest BCUT2D eigenvalue weighted by molar-refractivity contribution is -0.148. The molecule has 0 unspecified atom stereocenters. The standard InChI is InChI=1S/C26H33BN2O5/c1-17(2)24(28-25(30)22-10-9-21-16-34-27(32)23(21)18(22)3)26(31)33-15-20-8-6-7-19(13-20)14-29-11-4-5-12-29/h6-10,13,17,24,32H,4-5,11-12,14-16H2,1-3H3,(H,28,30)/t24-/m0/s1. The molecular formula is C26H33BN2O5. The summed E-state index contributed by atoms with van der Waals surface area (Å²) in [4.78, 5) is 28.4. The maximum Gasteiger partial charge on any atom is 0.492 e. The fourth-order valence-electron chi connectivity index (χ4n) is 4.73. The van der Waals surface area contributed by atoms with Gasteiger partial charge in [-0.3, -0.25) is 9.69 Å². The molecule has 0 aromatic heterocycles. The summed E-state index contributed by atoms with van der Waals surface area (Å²) in [5.41, 5.74) is 4.71. The maximum absolute atomic E-state index is 13.0. The Bertz CT molecular complexity index is 1050. The van der Waals surface area contributed by atoms with E-state index in [9.17, 15) is 14.6 Å². The number of hydrogen-bond donors (Lipinski definition) is 2. The largest absolute Gasteiger partial charge is 0.492 e. The molecule has 2 aliphatic heterocycles. The molecule has 1 amide bonds. The van der Waals surface area contributed by atoms with Crippen LogP contribution in [-0.4, -0.2) is 48.1 Å². The highest BCUT2D eigenvalue weighted by atomic mass is 16.5. The number of rotatable bonds is 8. The van der Waals surface area contributed by atoms with Gasteiger partial charge in [-0.2, -0.15) is 0 Å². The fraction of sp³-hybridized carbons (Fsp3) is 0.462. The molecule has 1 atom stereocenters. The summed E-state index contributed by atoms with van der Waals surface area (Å²) in [5.74, 6) is -0.986. The molecule has 4 rings (SSSR count). The van der Waals surface area contributed by atoms with Gasteiger partial charge in [0.25, 0.3) is 5.91 Å². The summed E-state index contributed by atoms with van der Waals surface area (Å²) in [6.07, 6.45) is 2.50. The van der Waals surface area contributed by atoms with E-state index >= 15 is 0 Å². The van der Waals surface area contributed by atoms with Crippen molar-refractivity contribution in [2.75, 3.05) is 13.1 Å². The average molecular weight is 464 g/mol. The highest BCUT2D eigenvalue weighted by Crippen LogP contribution is 2.18. The van der Waals surface area contributed by atoms with Gasteiger partial charge in [-0.05, 0) is 72.6 Å². The molecule has 7 nitrogen and oxygen atoms in total. The zero-order valence-corrected chi connectivity index (χ0v) is 20.2. The zero-order valence-electron chi connectivity index (χ0n) is 20.2. The van der Waals surface area contributed by atoms with Crippen molar-refractivity contribution >= 4 is 24.5 Å². The van der Waals surface area contributed by atoms with E-state index in [0.29, 0.717) is 23.2 Å². The lowest BCUT2D eigenvalue weighted by Gasteiger charge is -2.22. The highest BCUT2D eigenvalue weighted by molar-refractivity contribution is 6.62. The van der Waals surface area contributed by atoms with Gasteiger partial charge in [0.15, 0.2) is 0 Å². The maximum atomic E-state index is 13.0. The van der Waals surface area contributed by atoms with Gasteiger partial charge in [0.2, 0.25) is 0 Å². The van der Waals surface area contributed by atoms with Crippen LogP contribution in [-0.2, 0) is 33.9 Å². The number of nitrogens with zero attached hydrogens (tertiary/aromatic N) is 1. The summed E-state index contributed by atoms with van der Waals surface area (Å²) in [7, 11) is -1.03. The Morgan fingerprint density at radius 2 is 1.91 bits per heavy atom. The number of benzene rings is 2. The normalized spacial score (nSPS) is 16.6. The number of fused-ring (bicyclic) bond motifs is 1. The highest BCUT2D eigenvalue weighted by Gasteiger charge is 2.32. The van der Waals surface area contributed by atoms with Crippen LogP contribution >= 0.6 is 0 Å². The van der Waals surface area contributed by atoms with Crippen molar-refractivity contribution in [2.24, 2.45) is 5.92 Å². The monoisotopic (exact) mass is 464 g/mol. The third-order valence-corrected chi connectivity index (χ3v) is 6.68. The first kappa shape index (κ1) is 24.4. The molecular weight excluding hydrogens is 431 g/mol. The Kier molecular flexibility index (Phi) is 7.71. The number of nitrogens with one attached hydrogen (secondary N) is 1. The van der Waals surface area contributed by atoms with Gasteiger partial charge in [0.05, 0.1) is 6.61 Å². The van der Waals surface area contributed by atoms with E-state index in [-0.39, 0.29) is 18.4 Å². The van der Waals surface area contributed by atoms with E-state index in [1.54, 1.807) is 19.1 Å². The van der Waals surface area contributed by atoms with Crippen LogP contribution in [0.15, 0.2) is 36.4 Å². The number of amides is 1. The summed E-state index contributed by atoms with van der Waals surface area (Å²) in [6.45, 7) is 9.17. The zero-order chi connectivity index (χ0) is 24.2. The van der Waals surface area contributed by atoms with Crippen molar-refractivity contribution < 1.29 is 24.0 Å². The Labute approximate surface area is 201 Å². The van der Waals surface area contributed by atoms with Gasteiger partial charge in [0.1, 0.15) is 12.6 Å². The first-order chi connectivity index (χ1) is 16.3. The van der Waals surface area contributed by atoms with Gasteiger partial charge in [-0.25, -0.2) is 4.79 Å². The predicted octanol–water partition coefficient (Wildman–Crippen LogP) is 2.31. The topological polar surface area (TPSA) is 88.1 Å². The van der Waals surface area contributed by atoms with E-state index in [1.807, 2.05) is 26.0 Å². The molecule has 0 saturated carbocycles. The molecule has 2 heterocycles. The van der Waals surface area contributed by atoms with Crippen LogP contribution in [0, 0.1) is 12.8 Å². The van der Waals surface area contributed by atoms with Crippen LogP contribution in [0.2, 0.25) is 0 Å². The summed E-state index contributed by atoms with van der Waals surface area (Å²) < 4.78 is 10.9. The van der Waals surface area contributed by atoms with Crippen molar-refractivity contribution in [2.45, 2.75) is 59.4 Å². The Morgan fingerprint density at radius 1 is 1.18 bits per heavy atom. The third kappa shape index (κ3) is 5.51. The lowest BCUT2D eigenvalue weighted by atomic mass is 9.75. The molecule has 2 aromatic carbocycles. The van der Waals surface area contributed by atoms with Crippen molar-refractivity contribution in [1.82, 2.24) is 10.2 Å². The van der Waals surface area contributed by atoms with Gasteiger partial charge < -0.3 is 19.7 Å². The van der Waals surface area contributed by atoms with Crippen LogP contribution in [0.5, 0.6) is 0 Å². The average Bonchev–Trinajstić information content (AvgIpc) is 3.46. The first-order valence-corrected chi connectivity index (χ1v) is 12.0. The number of esters is 1. The fourth-order valence-corrected chi connectivity index (χ4v) is 4.73. The third-order valence-electron chi connectivity index (χ3n) is 6.68. The smallest absolute Gasteiger partial charge is 0.459 e. The number of hydrogen-bond acceptors (Lipinski definition) is 6. The molecule has 2 aromatic rings. The number of ether oxygens (including phenoxy) is 1. The minimum Gasteiger partial charge on any atom is -0.459 e. The van der Waals surface area contributed by atoms with E-state index in [0.717, 1.165) is 30.8 Å². The quantitative estimate of drug-likeness (QED) is 0.461. The molecule has 2 aliphatic rings. The summed E-state index contributed by atoms with van der Waals surface area (Å²) in [5, 5.41) is 12.9. The van der Waals surface area contributed by atoms with Gasteiger partial charge in [-0.1, -0.05) is 44.2 Å². The van der Waals surface area contributed by atoms with E-state index in [4.69, 9.17) is 9.39 Å². The van der Waals surface area contributed by atoms with E-state index in [1.165, 1.54) is 18.4 Å². The van der Waals surface area contributed by atoms with Gasteiger partial charge in [-0.15, -0.1) is 0 Å². The van der Waals surface area contributed by atoms with Crippen LogP contribution in [0.3, 0.4) is 0 Å². The molecule has 0 aliphatic carbocycles. The molecule has 1 saturated heterocycles. The van der Waals surface area contributed by atoms with Crippen LogP contribution in [0.1, 0.15) is 59.3 Å². The first-order valence-electron chi connectivity index (χ1n) is 12.0. The molecule has 1 fully saturated rings. The number of carbonyl (C=O) groups is 2. The summed E-state index contributed by atoms with van der Waals surface area (Å²) >= 11 is 0. The van der Waals surface area contributed by atoms with Crippen LogP contribution in [0.25, 0.3) is 0 Å². The Hall–Kier alpha value is -2.68. The van der Waals surface area contributed by atoms with Crippen LogP contribution in [0.4, 0.5) is 0 Å². The molecule has 2 N–H and O–H groups in total. The second-order valence-corrected chi connectivity index (χ2v) is 9.58. The van der Waals surface area contributed by atoms with Crippen molar-refractivity contribution in [3.05, 3.63) is 64.2 Å². The minimum atomic E-state index is -1.03. The Morgan fingerprint density at radius 3 is 2.65 bits per heavy atom. The molecule has 180 valence electrons. The van der Waals surface area contributed by atoms with Gasteiger partial charge >= 0.3 is 13.1 Å². The van der Waals surface area contributed by atoms with E-state index < -0.39 is 19.1 Å². The number of carbonyl (C=O) groups excluding carboxylic acids is 2. The molecule has 0 spiro atoms. The lowest BCUT2D eigenvalue weighted by Crippen LogP contribution is -2.46. The van der Waals surface area contributed by atoms with Crippen molar-refractivity contribution in [3.63, 3.8) is 0 Å². The molecule has 34 heavy (non-hydrogen) atoms. The van der Waals surface area contributed by atoms with Crippen LogP contribution < -0.4 is 10.8 Å². The molecule has 0 radical (unpaired) electrons. The van der Waals surface area contributed by atoms with Gasteiger partial charge in [0, 0.05) is 12.1 Å². The molecule has 8 heteroatoms. The second kappa shape index (κ2) is 10.7. The number of likely N-dealkylation sites (tertiary alicyclic amines) is 1. The predicted molar refractivity (Wildman–Crippen MR) is 130 cm³/mol. The second-order valence-electron chi connectivity index (χ2n) is 9.58. The van der Waals surface area contributed by atoms with Crippen molar-refractivity contribution in [1.29, 1.82) is 0 Å². The SMILES string of the molecule is Cc1c(C(=O)N[C@H](C(=O)OCc2cccc(CN3CCCC3)c2)C(C)C)ccc2c1B(O)OC2. The van der Waals surface area contributed by atoms with Crippen molar-refractivity contribution in [3.8, 4) is 0 Å². The summed E-state index contributed by atoms with van der Waals surface area (Å²) in [6, 6.07) is 10.8. The van der Waals surface area contributed by atoms with E-state index in [2.05, 4.69) is 22.3 Å².